The summed E-state index contributed by atoms with van der Waals surface area (Å²) in [5, 5.41) is 20.9. The molecule has 8 nitrogen and oxygen atoms in total. The van der Waals surface area contributed by atoms with E-state index in [0.29, 0.717) is 11.7 Å². The second kappa shape index (κ2) is 10.1. The van der Waals surface area contributed by atoms with Gasteiger partial charge in [-0.05, 0) is 56.5 Å². The van der Waals surface area contributed by atoms with Gasteiger partial charge in [0, 0.05) is 23.5 Å². The van der Waals surface area contributed by atoms with Crippen LogP contribution < -0.4 is 4.74 Å². The molecular formula is C22H30N6O2. The number of hydrogen-bond acceptors (Lipinski definition) is 7. The Morgan fingerprint density at radius 2 is 1.93 bits per heavy atom. The van der Waals surface area contributed by atoms with Crippen molar-refractivity contribution in [1.29, 1.82) is 0 Å². The quantitative estimate of drug-likeness (QED) is 0.441. The third-order valence-electron chi connectivity index (χ3n) is 4.66. The van der Waals surface area contributed by atoms with Gasteiger partial charge in [0.1, 0.15) is 5.75 Å². The van der Waals surface area contributed by atoms with Crippen molar-refractivity contribution in [1.82, 2.24) is 30.4 Å². The Morgan fingerprint density at radius 1 is 1.10 bits per heavy atom. The highest BCUT2D eigenvalue weighted by atomic mass is 16.5. The Hall–Kier alpha value is -3.03. The molecule has 0 unspecified atom stereocenters. The number of tetrazole rings is 1. The first-order valence-corrected chi connectivity index (χ1v) is 10.4. The van der Waals surface area contributed by atoms with Crippen LogP contribution in [-0.2, 0) is 6.42 Å². The van der Waals surface area contributed by atoms with Gasteiger partial charge in [0.2, 0.25) is 17.6 Å². The number of nitrogens with zero attached hydrogens (tertiary/aromatic N) is 6. The van der Waals surface area contributed by atoms with Crippen LogP contribution in [0.15, 0.2) is 28.7 Å². The maximum atomic E-state index is 5.65. The molecule has 30 heavy (non-hydrogen) atoms. The van der Waals surface area contributed by atoms with Crippen LogP contribution in [0.1, 0.15) is 76.3 Å². The summed E-state index contributed by atoms with van der Waals surface area (Å²) in [6.45, 7) is 8.15. The number of methoxy groups -OCH3 is 1. The lowest BCUT2D eigenvalue weighted by Crippen LogP contribution is -2.04. The Morgan fingerprint density at radius 3 is 2.60 bits per heavy atom. The maximum absolute atomic E-state index is 5.65. The number of benzene rings is 1. The number of aryl methyl sites for hydroxylation is 1. The first-order valence-electron chi connectivity index (χ1n) is 10.4. The highest BCUT2D eigenvalue weighted by Crippen LogP contribution is 2.26. The molecule has 8 heteroatoms. The summed E-state index contributed by atoms with van der Waals surface area (Å²) in [5.41, 5.74) is 1.91. The van der Waals surface area contributed by atoms with E-state index < -0.39 is 0 Å². The molecule has 0 aliphatic heterocycles. The third kappa shape index (κ3) is 5.52. The largest absolute Gasteiger partial charge is 0.496 e. The molecule has 2 aromatic heterocycles. The minimum absolute atomic E-state index is 0.174. The van der Waals surface area contributed by atoms with E-state index in [1.807, 2.05) is 45.9 Å². The predicted octanol–water partition coefficient (Wildman–Crippen LogP) is 4.86. The Balaban J connectivity index is 1.56. The van der Waals surface area contributed by atoms with Crippen LogP contribution in [0.2, 0.25) is 0 Å². The summed E-state index contributed by atoms with van der Waals surface area (Å²) in [6.07, 6.45) is 8.06. The zero-order chi connectivity index (χ0) is 21.5. The van der Waals surface area contributed by atoms with Gasteiger partial charge in [0.15, 0.2) is 0 Å². The molecule has 0 fully saturated rings. The maximum Gasteiger partial charge on any atom is 0.219 e. The summed E-state index contributed by atoms with van der Waals surface area (Å²) in [4.78, 5) is 1.61. The van der Waals surface area contributed by atoms with Gasteiger partial charge in [-0.2, -0.15) is 4.80 Å². The average Bonchev–Trinajstić information content (AvgIpc) is 3.40. The van der Waals surface area contributed by atoms with Crippen LogP contribution in [0.5, 0.6) is 5.75 Å². The van der Waals surface area contributed by atoms with Crippen molar-refractivity contribution < 1.29 is 9.15 Å². The number of hydrogen-bond donors (Lipinski definition) is 0. The second-order valence-corrected chi connectivity index (χ2v) is 7.82. The third-order valence-corrected chi connectivity index (χ3v) is 4.66. The van der Waals surface area contributed by atoms with Gasteiger partial charge in [-0.3, -0.25) is 0 Å². The van der Waals surface area contributed by atoms with Crippen molar-refractivity contribution in [3.05, 3.63) is 41.6 Å². The number of allylic oxidation sites excluding steroid dienone is 1. The van der Waals surface area contributed by atoms with Crippen molar-refractivity contribution in [3.8, 4) is 17.1 Å². The molecule has 0 bridgehead atoms. The summed E-state index contributed by atoms with van der Waals surface area (Å²) in [6, 6.07) is 6.09. The summed E-state index contributed by atoms with van der Waals surface area (Å²) in [5.74, 6) is 3.13. The number of ether oxygens (including phenoxy) is 1. The van der Waals surface area contributed by atoms with Gasteiger partial charge in [0.05, 0.1) is 13.2 Å². The topological polar surface area (TPSA) is 91.8 Å². The number of unbranched alkanes of at least 4 members (excludes halogenated alkanes) is 2. The molecule has 0 N–H and O–H groups in total. The van der Waals surface area contributed by atoms with Crippen LogP contribution in [-0.4, -0.2) is 37.5 Å². The Bertz CT molecular complexity index is 974. The monoisotopic (exact) mass is 410 g/mol. The Kier molecular flexibility index (Phi) is 7.32. The zero-order valence-electron chi connectivity index (χ0n) is 18.4. The smallest absolute Gasteiger partial charge is 0.219 e. The van der Waals surface area contributed by atoms with Gasteiger partial charge in [0.25, 0.3) is 0 Å². The molecule has 160 valence electrons. The standard InChI is InChI=1S/C22H30N6O2/c1-15(2)22-25-23-20(30-22)11-9-7-6-8-10-17-14-18(12-13-19(17)29-5)21-24-27-28(26-21)16(3)4/h8,10,12-16H,6-7,9,11H2,1-5H3. The molecule has 0 radical (unpaired) electrons. The molecule has 0 amide bonds. The average molecular weight is 411 g/mol. The zero-order valence-corrected chi connectivity index (χ0v) is 18.4. The summed E-state index contributed by atoms with van der Waals surface area (Å²) >= 11 is 0. The normalized spacial score (nSPS) is 11.8. The minimum Gasteiger partial charge on any atom is -0.496 e. The molecule has 0 aliphatic carbocycles. The molecule has 0 saturated carbocycles. The molecule has 0 atom stereocenters. The van der Waals surface area contributed by atoms with E-state index >= 15 is 0 Å². The number of rotatable bonds is 10. The minimum atomic E-state index is 0.174. The molecule has 0 saturated heterocycles. The highest BCUT2D eigenvalue weighted by Gasteiger charge is 2.11. The first kappa shape index (κ1) is 21.7. The SMILES string of the molecule is COc1ccc(-c2nnn(C(C)C)n2)cc1C=CCCCCc1nnc(C(C)C)o1. The molecule has 3 rings (SSSR count). The van der Waals surface area contributed by atoms with Crippen molar-refractivity contribution in [2.24, 2.45) is 0 Å². The van der Waals surface area contributed by atoms with Gasteiger partial charge in [-0.25, -0.2) is 0 Å². The van der Waals surface area contributed by atoms with Crippen molar-refractivity contribution >= 4 is 6.08 Å². The summed E-state index contributed by atoms with van der Waals surface area (Å²) < 4.78 is 11.1. The van der Waals surface area contributed by atoms with E-state index in [-0.39, 0.29) is 12.0 Å². The van der Waals surface area contributed by atoms with Crippen LogP contribution >= 0.6 is 0 Å². The van der Waals surface area contributed by atoms with E-state index in [4.69, 9.17) is 9.15 Å². The molecule has 0 aliphatic rings. The van der Waals surface area contributed by atoms with Gasteiger partial charge in [-0.15, -0.1) is 20.4 Å². The highest BCUT2D eigenvalue weighted by molar-refractivity contribution is 5.66. The van der Waals surface area contributed by atoms with Crippen LogP contribution in [0.3, 0.4) is 0 Å². The first-order chi connectivity index (χ1) is 14.5. The molecule has 1 aromatic carbocycles. The van der Waals surface area contributed by atoms with Crippen LogP contribution in [0, 0.1) is 0 Å². The van der Waals surface area contributed by atoms with E-state index in [2.05, 4.69) is 37.8 Å². The van der Waals surface area contributed by atoms with Crippen molar-refractivity contribution in [2.45, 2.75) is 65.3 Å². The fourth-order valence-electron chi connectivity index (χ4n) is 2.91. The molecular weight excluding hydrogens is 380 g/mol. The van der Waals surface area contributed by atoms with Crippen molar-refractivity contribution in [3.63, 3.8) is 0 Å². The molecule has 0 spiro atoms. The second-order valence-electron chi connectivity index (χ2n) is 7.82. The van der Waals surface area contributed by atoms with Gasteiger partial charge >= 0.3 is 0 Å². The molecule has 2 heterocycles. The Labute approximate surface area is 177 Å². The number of aromatic nitrogens is 6. The van der Waals surface area contributed by atoms with E-state index in [1.54, 1.807) is 11.9 Å². The lowest BCUT2D eigenvalue weighted by atomic mass is 10.1. The van der Waals surface area contributed by atoms with E-state index in [0.717, 1.165) is 48.5 Å². The van der Waals surface area contributed by atoms with Crippen molar-refractivity contribution in [2.75, 3.05) is 7.11 Å². The van der Waals surface area contributed by atoms with E-state index in [1.165, 1.54) is 0 Å². The van der Waals surface area contributed by atoms with Crippen LogP contribution in [0.4, 0.5) is 0 Å². The van der Waals surface area contributed by atoms with Gasteiger partial charge in [-0.1, -0.05) is 26.0 Å². The fraction of sp³-hybridized carbons (Fsp3) is 0.500. The van der Waals surface area contributed by atoms with E-state index in [9.17, 15) is 0 Å². The lowest BCUT2D eigenvalue weighted by Gasteiger charge is -2.06. The predicted molar refractivity (Wildman–Crippen MR) is 115 cm³/mol. The molecule has 3 aromatic rings. The summed E-state index contributed by atoms with van der Waals surface area (Å²) in [7, 11) is 1.68. The van der Waals surface area contributed by atoms with Gasteiger partial charge < -0.3 is 9.15 Å². The fourth-order valence-corrected chi connectivity index (χ4v) is 2.91. The van der Waals surface area contributed by atoms with Crippen LogP contribution in [0.25, 0.3) is 17.5 Å². The lowest BCUT2D eigenvalue weighted by molar-refractivity contribution is 0.414.